The molecule has 5 rings (SSSR count). The molecule has 0 bridgehead atoms. The zero-order chi connectivity index (χ0) is 26.1. The molecule has 0 aliphatic carbocycles. The van der Waals surface area contributed by atoms with Crippen molar-refractivity contribution < 1.29 is 18.3 Å². The van der Waals surface area contributed by atoms with E-state index in [4.69, 9.17) is 4.74 Å². The number of nitrogens with one attached hydrogen (secondary N) is 2. The fraction of sp³-hybridized carbons (Fsp3) is 0.120. The average Bonchev–Trinajstić information content (AvgIpc) is 3.49. The number of carbonyl (C=O) groups excluding carboxylic acids is 1. The fourth-order valence-electron chi connectivity index (χ4n) is 3.89. The number of benzene rings is 2. The maximum absolute atomic E-state index is 14.3. The Morgan fingerprint density at radius 2 is 1.89 bits per heavy atom. The molecule has 0 aliphatic rings. The summed E-state index contributed by atoms with van der Waals surface area (Å²) in [6.07, 6.45) is 1.48. The lowest BCUT2D eigenvalue weighted by Gasteiger charge is -2.12. The minimum absolute atomic E-state index is 0.0431. The molecule has 2 aromatic carbocycles. The van der Waals surface area contributed by atoms with Crippen LogP contribution in [0.1, 0.15) is 27.3 Å². The number of amides is 1. The van der Waals surface area contributed by atoms with Crippen molar-refractivity contribution in [3.8, 4) is 28.7 Å². The Morgan fingerprint density at radius 3 is 2.62 bits per heavy atom. The Hall–Kier alpha value is -5.00. The number of hydrogen-bond donors (Lipinski definition) is 2. The third-order valence-corrected chi connectivity index (χ3v) is 5.68. The monoisotopic (exact) mass is 502 g/mol. The molecule has 5 aromatic rings. The number of carbonyl (C=O) groups is 1. The lowest BCUT2D eigenvalue weighted by Crippen LogP contribution is -2.15. The molecular formula is C25H20F2N8O2. The molecule has 37 heavy (non-hydrogen) atoms. The summed E-state index contributed by atoms with van der Waals surface area (Å²) >= 11 is 0. The highest BCUT2D eigenvalue weighted by Crippen LogP contribution is 2.31. The summed E-state index contributed by atoms with van der Waals surface area (Å²) < 4.78 is 34.9. The predicted molar refractivity (Wildman–Crippen MR) is 130 cm³/mol. The standard InChI is InChI=1S/C25H20F2N8O2/c1-13-10-22(37-21-7-5-4-6-17(21)24-30-33-34-31-24)28-12-19(13)29-25(36)23-14(2)32-35(15(23)3)20-9-8-16(26)11-18(20)27/h4-12H,1-3H3,(H,29,36)(H,30,31,33,34). The molecule has 0 radical (unpaired) electrons. The van der Waals surface area contributed by atoms with Crippen molar-refractivity contribution >= 4 is 11.6 Å². The van der Waals surface area contributed by atoms with Crippen molar-refractivity contribution in [2.24, 2.45) is 0 Å². The van der Waals surface area contributed by atoms with Gasteiger partial charge in [-0.25, -0.2) is 18.4 Å². The van der Waals surface area contributed by atoms with Crippen LogP contribution in [-0.2, 0) is 0 Å². The molecule has 3 heterocycles. The number of halogens is 2. The maximum Gasteiger partial charge on any atom is 0.259 e. The molecule has 1 amide bonds. The summed E-state index contributed by atoms with van der Waals surface area (Å²) in [7, 11) is 0. The normalized spacial score (nSPS) is 10.9. The van der Waals surface area contributed by atoms with Gasteiger partial charge in [-0.3, -0.25) is 4.79 Å². The van der Waals surface area contributed by atoms with Gasteiger partial charge in [-0.2, -0.15) is 10.3 Å². The summed E-state index contributed by atoms with van der Waals surface area (Å²) in [6.45, 7) is 5.08. The van der Waals surface area contributed by atoms with Crippen LogP contribution in [0.4, 0.5) is 14.5 Å². The van der Waals surface area contributed by atoms with Crippen LogP contribution >= 0.6 is 0 Å². The van der Waals surface area contributed by atoms with Crippen LogP contribution in [0, 0.1) is 32.4 Å². The van der Waals surface area contributed by atoms with Crippen LogP contribution in [0.25, 0.3) is 17.1 Å². The van der Waals surface area contributed by atoms with E-state index in [0.717, 1.165) is 12.1 Å². The number of anilines is 1. The highest BCUT2D eigenvalue weighted by atomic mass is 19.1. The summed E-state index contributed by atoms with van der Waals surface area (Å²) in [5.74, 6) is -0.756. The largest absolute Gasteiger partial charge is 0.438 e. The number of rotatable bonds is 6. The van der Waals surface area contributed by atoms with Crippen molar-refractivity contribution in [2.45, 2.75) is 20.8 Å². The van der Waals surface area contributed by atoms with E-state index in [0.29, 0.717) is 45.7 Å². The zero-order valence-electron chi connectivity index (χ0n) is 20.0. The second-order valence-electron chi connectivity index (χ2n) is 8.18. The van der Waals surface area contributed by atoms with Gasteiger partial charge in [-0.15, -0.1) is 10.2 Å². The number of nitrogens with zero attached hydrogens (tertiary/aromatic N) is 6. The van der Waals surface area contributed by atoms with Crippen LogP contribution in [-0.4, -0.2) is 41.3 Å². The second-order valence-corrected chi connectivity index (χ2v) is 8.18. The Morgan fingerprint density at radius 1 is 1.08 bits per heavy atom. The molecule has 0 unspecified atom stereocenters. The lowest BCUT2D eigenvalue weighted by atomic mass is 10.1. The number of ether oxygens (including phenoxy) is 1. The second kappa shape index (κ2) is 9.57. The predicted octanol–water partition coefficient (Wildman–Crippen LogP) is 4.70. The zero-order valence-corrected chi connectivity index (χ0v) is 20.0. The molecule has 0 aliphatic heterocycles. The molecule has 186 valence electrons. The van der Waals surface area contributed by atoms with Gasteiger partial charge in [0.25, 0.3) is 5.91 Å². The number of aromatic nitrogens is 7. The van der Waals surface area contributed by atoms with Crippen molar-refractivity contribution in [3.05, 3.63) is 88.9 Å². The van der Waals surface area contributed by atoms with E-state index < -0.39 is 17.5 Å². The number of hydrogen-bond acceptors (Lipinski definition) is 7. The molecule has 0 fully saturated rings. The van der Waals surface area contributed by atoms with E-state index in [-0.39, 0.29) is 11.3 Å². The van der Waals surface area contributed by atoms with Gasteiger partial charge < -0.3 is 10.1 Å². The molecule has 2 N–H and O–H groups in total. The van der Waals surface area contributed by atoms with Crippen molar-refractivity contribution in [3.63, 3.8) is 0 Å². The van der Waals surface area contributed by atoms with Crippen molar-refractivity contribution in [2.75, 3.05) is 5.32 Å². The fourth-order valence-corrected chi connectivity index (χ4v) is 3.89. The van der Waals surface area contributed by atoms with Crippen molar-refractivity contribution in [1.29, 1.82) is 0 Å². The highest BCUT2D eigenvalue weighted by molar-refractivity contribution is 6.06. The van der Waals surface area contributed by atoms with Crippen LogP contribution in [0.2, 0.25) is 0 Å². The third-order valence-electron chi connectivity index (χ3n) is 5.68. The summed E-state index contributed by atoms with van der Waals surface area (Å²) in [5, 5.41) is 21.1. The van der Waals surface area contributed by atoms with E-state index in [1.165, 1.54) is 16.9 Å². The van der Waals surface area contributed by atoms with Gasteiger partial charge in [0.05, 0.1) is 34.4 Å². The quantitative estimate of drug-likeness (QED) is 0.345. The Bertz CT molecular complexity index is 1620. The van der Waals surface area contributed by atoms with Crippen LogP contribution in [0.15, 0.2) is 54.7 Å². The van der Waals surface area contributed by atoms with E-state index in [2.05, 4.69) is 36.0 Å². The Kier molecular flexibility index (Phi) is 6.14. The van der Waals surface area contributed by atoms with Gasteiger partial charge in [-0.1, -0.05) is 12.1 Å². The summed E-state index contributed by atoms with van der Waals surface area (Å²) in [4.78, 5) is 17.5. The SMILES string of the molecule is Cc1cc(Oc2ccccc2-c2nn[nH]n2)ncc1NC(=O)c1c(C)nn(-c2ccc(F)cc2F)c1C. The van der Waals surface area contributed by atoms with Crippen LogP contribution in [0.3, 0.4) is 0 Å². The Labute approximate surface area is 209 Å². The first kappa shape index (κ1) is 23.7. The highest BCUT2D eigenvalue weighted by Gasteiger charge is 2.22. The number of H-pyrrole nitrogens is 1. The van der Waals surface area contributed by atoms with Gasteiger partial charge in [0.1, 0.15) is 17.3 Å². The van der Waals surface area contributed by atoms with Gasteiger partial charge in [0.15, 0.2) is 5.82 Å². The molecule has 10 nitrogen and oxygen atoms in total. The summed E-state index contributed by atoms with van der Waals surface area (Å²) in [6, 6.07) is 12.0. The smallest absolute Gasteiger partial charge is 0.259 e. The minimum Gasteiger partial charge on any atom is -0.438 e. The van der Waals surface area contributed by atoms with E-state index in [1.807, 2.05) is 12.1 Å². The number of aromatic amines is 1. The first-order valence-corrected chi connectivity index (χ1v) is 11.1. The first-order valence-electron chi connectivity index (χ1n) is 11.1. The molecule has 3 aromatic heterocycles. The Balaban J connectivity index is 1.37. The maximum atomic E-state index is 14.3. The minimum atomic E-state index is -0.783. The number of tetrazole rings is 1. The lowest BCUT2D eigenvalue weighted by molar-refractivity contribution is 0.102. The first-order chi connectivity index (χ1) is 17.8. The molecular weight excluding hydrogens is 482 g/mol. The van der Waals surface area contributed by atoms with Gasteiger partial charge in [0.2, 0.25) is 11.7 Å². The topological polar surface area (TPSA) is 124 Å². The molecule has 12 heteroatoms. The molecule has 0 spiro atoms. The summed E-state index contributed by atoms with van der Waals surface area (Å²) in [5.41, 5.74) is 2.91. The number of pyridine rings is 1. The third kappa shape index (κ3) is 4.63. The molecule has 0 atom stereocenters. The van der Waals surface area contributed by atoms with Gasteiger partial charge in [0, 0.05) is 12.1 Å². The van der Waals surface area contributed by atoms with E-state index in [1.54, 1.807) is 39.0 Å². The average molecular weight is 502 g/mol. The van der Waals surface area contributed by atoms with Gasteiger partial charge >= 0.3 is 0 Å². The van der Waals surface area contributed by atoms with E-state index in [9.17, 15) is 13.6 Å². The van der Waals surface area contributed by atoms with Gasteiger partial charge in [-0.05, 0) is 55.8 Å². The van der Waals surface area contributed by atoms with Crippen LogP contribution in [0.5, 0.6) is 11.6 Å². The number of aryl methyl sites for hydroxylation is 2. The van der Waals surface area contributed by atoms with Crippen LogP contribution < -0.4 is 10.1 Å². The number of para-hydroxylation sites is 1. The molecule has 0 saturated carbocycles. The van der Waals surface area contributed by atoms with E-state index >= 15 is 0 Å². The van der Waals surface area contributed by atoms with Crippen molar-refractivity contribution in [1.82, 2.24) is 35.4 Å². The molecule has 0 saturated heterocycles.